The number of rotatable bonds is 4. The molecule has 1 aliphatic carbocycles. The molecule has 3 aromatic carbocycles. The number of imide groups is 1. The summed E-state index contributed by atoms with van der Waals surface area (Å²) in [6, 6.07) is 18.5. The Morgan fingerprint density at radius 2 is 1.79 bits per heavy atom. The molecule has 8 nitrogen and oxygen atoms in total. The third kappa shape index (κ3) is 4.41. The Labute approximate surface area is 222 Å². The zero-order valence-electron chi connectivity index (χ0n) is 20.1. The summed E-state index contributed by atoms with van der Waals surface area (Å²) in [6.45, 7) is -0.175. The number of fused-ring (bicyclic) bond motifs is 2. The number of urea groups is 1. The Morgan fingerprint density at radius 3 is 2.55 bits per heavy atom. The summed E-state index contributed by atoms with van der Waals surface area (Å²) in [6.07, 6.45) is 0.886. The normalized spacial score (nSPS) is 22.0. The molecule has 2 unspecified atom stereocenters. The number of benzene rings is 3. The van der Waals surface area contributed by atoms with E-state index in [4.69, 9.17) is 0 Å². The number of amides is 5. The highest BCUT2D eigenvalue weighted by Crippen LogP contribution is 2.45. The molecule has 3 aromatic rings. The smallest absolute Gasteiger partial charge is 0.322 e. The van der Waals surface area contributed by atoms with Gasteiger partial charge < -0.3 is 15.5 Å². The molecule has 1 spiro atoms. The first-order valence-electron chi connectivity index (χ1n) is 12.2. The van der Waals surface area contributed by atoms with Crippen molar-refractivity contribution in [3.63, 3.8) is 0 Å². The van der Waals surface area contributed by atoms with Crippen LogP contribution in [-0.4, -0.2) is 35.8 Å². The molecule has 0 bridgehead atoms. The number of nitrogens with one attached hydrogen (secondary N) is 3. The molecule has 2 aliphatic heterocycles. The van der Waals surface area contributed by atoms with Crippen LogP contribution in [0.3, 0.4) is 0 Å². The maximum atomic E-state index is 13.5. The molecule has 2 heterocycles. The zero-order valence-corrected chi connectivity index (χ0v) is 20.9. The second kappa shape index (κ2) is 9.29. The van der Waals surface area contributed by atoms with Crippen LogP contribution < -0.4 is 20.9 Å². The van der Waals surface area contributed by atoms with Crippen molar-refractivity contribution in [2.45, 2.75) is 34.9 Å². The van der Waals surface area contributed by atoms with Gasteiger partial charge in [-0.15, -0.1) is 11.8 Å². The number of para-hydroxylation sites is 1. The molecular formula is C28H23FN4O4S. The van der Waals surface area contributed by atoms with Gasteiger partial charge in [-0.1, -0.05) is 30.3 Å². The lowest BCUT2D eigenvalue weighted by Gasteiger charge is -2.22. The standard InChI is InChI=1S/C28H23FN4O4S/c29-19-8-5-16(6-9-19)23-12-25(35)33(21-3-1-2-4-22(21)38-23)15-24(34)30-20-10-7-17-13-28(14-18(17)11-20)26(36)31-27(37)32-28/h1-11,23H,12-15H2,(H,30,34)(H2,31,32,36,37). The molecule has 2 atom stereocenters. The SMILES string of the molecule is O=C(CN1C(=O)CC(c2ccc(F)cc2)Sc2ccccc21)Nc1ccc2c(c1)CC1(C2)NC(=O)NC1=O. The van der Waals surface area contributed by atoms with Crippen molar-refractivity contribution in [3.05, 3.63) is 89.2 Å². The van der Waals surface area contributed by atoms with Gasteiger partial charge in [-0.3, -0.25) is 19.7 Å². The highest BCUT2D eigenvalue weighted by atomic mass is 32.2. The molecule has 1 saturated heterocycles. The summed E-state index contributed by atoms with van der Waals surface area (Å²) in [5.41, 5.74) is 2.86. The number of carbonyl (C=O) groups is 4. The Bertz CT molecular complexity index is 1490. The summed E-state index contributed by atoms with van der Waals surface area (Å²) in [5, 5.41) is 7.68. The topological polar surface area (TPSA) is 108 Å². The van der Waals surface area contributed by atoms with Crippen LogP contribution in [0, 0.1) is 5.82 Å². The predicted octanol–water partition coefficient (Wildman–Crippen LogP) is 3.71. The Hall–Kier alpha value is -4.18. The van der Waals surface area contributed by atoms with E-state index in [1.807, 2.05) is 30.3 Å². The van der Waals surface area contributed by atoms with E-state index in [1.54, 1.807) is 24.3 Å². The molecule has 192 valence electrons. The second-order valence-electron chi connectivity index (χ2n) is 9.69. The maximum absolute atomic E-state index is 13.5. The van der Waals surface area contributed by atoms with E-state index in [9.17, 15) is 23.6 Å². The fourth-order valence-corrected chi connectivity index (χ4v) is 6.57. The molecule has 0 saturated carbocycles. The summed E-state index contributed by atoms with van der Waals surface area (Å²) in [7, 11) is 0. The molecule has 3 aliphatic rings. The lowest BCUT2D eigenvalue weighted by atomic mass is 9.96. The van der Waals surface area contributed by atoms with Gasteiger partial charge in [0.05, 0.1) is 5.69 Å². The average molecular weight is 531 g/mol. The van der Waals surface area contributed by atoms with E-state index in [0.717, 1.165) is 21.6 Å². The fraction of sp³-hybridized carbons (Fsp3) is 0.214. The van der Waals surface area contributed by atoms with Crippen molar-refractivity contribution in [3.8, 4) is 0 Å². The van der Waals surface area contributed by atoms with Gasteiger partial charge in [0.2, 0.25) is 11.8 Å². The van der Waals surface area contributed by atoms with Crippen LogP contribution in [0.15, 0.2) is 71.6 Å². The molecule has 38 heavy (non-hydrogen) atoms. The van der Waals surface area contributed by atoms with Crippen molar-refractivity contribution < 1.29 is 23.6 Å². The molecule has 0 radical (unpaired) electrons. The third-order valence-electron chi connectivity index (χ3n) is 7.12. The van der Waals surface area contributed by atoms with Crippen molar-refractivity contribution >= 4 is 46.9 Å². The van der Waals surface area contributed by atoms with Gasteiger partial charge in [-0.2, -0.15) is 0 Å². The van der Waals surface area contributed by atoms with Gasteiger partial charge in [-0.05, 0) is 53.1 Å². The molecule has 5 amide bonds. The van der Waals surface area contributed by atoms with E-state index in [-0.39, 0.29) is 41.8 Å². The van der Waals surface area contributed by atoms with Crippen LogP contribution in [0.2, 0.25) is 0 Å². The molecule has 6 rings (SSSR count). The minimum Gasteiger partial charge on any atom is -0.325 e. The van der Waals surface area contributed by atoms with Gasteiger partial charge in [0.1, 0.15) is 17.9 Å². The van der Waals surface area contributed by atoms with Gasteiger partial charge in [0.25, 0.3) is 5.91 Å². The number of nitrogens with zero attached hydrogens (tertiary/aromatic N) is 1. The maximum Gasteiger partial charge on any atom is 0.322 e. The largest absolute Gasteiger partial charge is 0.325 e. The van der Waals surface area contributed by atoms with Gasteiger partial charge in [0.15, 0.2) is 0 Å². The average Bonchev–Trinajstić information content (AvgIpc) is 3.34. The second-order valence-corrected chi connectivity index (χ2v) is 10.9. The Morgan fingerprint density at radius 1 is 1.03 bits per heavy atom. The van der Waals surface area contributed by atoms with Crippen LogP contribution in [0.25, 0.3) is 0 Å². The third-order valence-corrected chi connectivity index (χ3v) is 8.44. The van der Waals surface area contributed by atoms with Crippen LogP contribution in [0.5, 0.6) is 0 Å². The number of anilines is 2. The number of carbonyl (C=O) groups excluding carboxylic acids is 4. The minimum atomic E-state index is -0.983. The van der Waals surface area contributed by atoms with E-state index >= 15 is 0 Å². The number of thioether (sulfide) groups is 1. The van der Waals surface area contributed by atoms with E-state index < -0.39 is 11.6 Å². The van der Waals surface area contributed by atoms with E-state index in [2.05, 4.69) is 16.0 Å². The summed E-state index contributed by atoms with van der Waals surface area (Å²) >= 11 is 1.52. The summed E-state index contributed by atoms with van der Waals surface area (Å²) in [4.78, 5) is 52.8. The number of hydrogen-bond donors (Lipinski definition) is 3. The Kier molecular flexibility index (Phi) is 5.91. The molecule has 10 heteroatoms. The van der Waals surface area contributed by atoms with E-state index in [1.165, 1.54) is 28.8 Å². The van der Waals surface area contributed by atoms with Gasteiger partial charge >= 0.3 is 6.03 Å². The summed E-state index contributed by atoms with van der Waals surface area (Å²) in [5.74, 6) is -1.25. The summed E-state index contributed by atoms with van der Waals surface area (Å²) < 4.78 is 13.5. The Balaban J connectivity index is 1.19. The first-order valence-corrected chi connectivity index (χ1v) is 13.0. The first kappa shape index (κ1) is 24.2. The highest BCUT2D eigenvalue weighted by molar-refractivity contribution is 7.99. The van der Waals surface area contributed by atoms with Crippen LogP contribution in [0.4, 0.5) is 20.6 Å². The van der Waals surface area contributed by atoms with Crippen LogP contribution in [-0.2, 0) is 27.2 Å². The van der Waals surface area contributed by atoms with Crippen molar-refractivity contribution in [2.24, 2.45) is 0 Å². The van der Waals surface area contributed by atoms with Crippen molar-refractivity contribution in [1.29, 1.82) is 0 Å². The lowest BCUT2D eigenvalue weighted by molar-refractivity contribution is -0.123. The zero-order chi connectivity index (χ0) is 26.4. The number of halogens is 1. The van der Waals surface area contributed by atoms with Crippen molar-refractivity contribution in [2.75, 3.05) is 16.8 Å². The van der Waals surface area contributed by atoms with Gasteiger partial charge in [0, 0.05) is 35.1 Å². The van der Waals surface area contributed by atoms with Crippen molar-refractivity contribution in [1.82, 2.24) is 10.6 Å². The highest BCUT2D eigenvalue weighted by Gasteiger charge is 2.50. The van der Waals surface area contributed by atoms with Gasteiger partial charge in [-0.25, -0.2) is 9.18 Å². The number of hydrogen-bond acceptors (Lipinski definition) is 5. The first-order chi connectivity index (χ1) is 18.3. The molecule has 3 N–H and O–H groups in total. The molecular weight excluding hydrogens is 507 g/mol. The quantitative estimate of drug-likeness (QED) is 0.446. The van der Waals surface area contributed by atoms with Crippen LogP contribution in [0.1, 0.15) is 28.4 Å². The fourth-order valence-electron chi connectivity index (χ4n) is 5.29. The monoisotopic (exact) mass is 530 g/mol. The lowest BCUT2D eigenvalue weighted by Crippen LogP contribution is -2.47. The predicted molar refractivity (Wildman–Crippen MR) is 140 cm³/mol. The van der Waals surface area contributed by atoms with E-state index in [0.29, 0.717) is 24.2 Å². The molecule has 0 aromatic heterocycles. The minimum absolute atomic E-state index is 0.160. The molecule has 1 fully saturated rings. The van der Waals surface area contributed by atoms with Crippen LogP contribution >= 0.6 is 11.8 Å².